The van der Waals surface area contributed by atoms with Gasteiger partial charge in [-0.25, -0.2) is 4.98 Å². The minimum atomic E-state index is -0.641. The van der Waals surface area contributed by atoms with E-state index >= 15 is 0 Å². The van der Waals surface area contributed by atoms with Crippen LogP contribution in [0.2, 0.25) is 10.0 Å². The Balaban J connectivity index is 1.60. The molecule has 1 unspecified atom stereocenters. The lowest BCUT2D eigenvalue weighted by Gasteiger charge is -2.12. The van der Waals surface area contributed by atoms with Crippen molar-refractivity contribution in [3.63, 3.8) is 0 Å². The highest BCUT2D eigenvalue weighted by Crippen LogP contribution is 2.27. The minimum Gasteiger partial charge on any atom is -0.454 e. The number of nitrogens with one attached hydrogen (secondary N) is 1. The summed E-state index contributed by atoms with van der Waals surface area (Å²) in [5.41, 5.74) is 1.70. The van der Waals surface area contributed by atoms with Crippen molar-refractivity contribution in [3.05, 3.63) is 60.4 Å². The van der Waals surface area contributed by atoms with Gasteiger partial charge in [-0.3, -0.25) is 9.59 Å². The number of ether oxygens (including phenoxy) is 1. The molecule has 1 aromatic carbocycles. The molecule has 0 aliphatic heterocycles. The van der Waals surface area contributed by atoms with Crippen molar-refractivity contribution in [2.45, 2.75) is 32.6 Å². The van der Waals surface area contributed by atoms with Gasteiger partial charge in [0.2, 0.25) is 0 Å². The zero-order valence-electron chi connectivity index (χ0n) is 15.5. The third-order valence-electron chi connectivity index (χ3n) is 4.22. The summed E-state index contributed by atoms with van der Waals surface area (Å²) in [6.07, 6.45) is -0.641. The number of H-pyrrole nitrogens is 1. The summed E-state index contributed by atoms with van der Waals surface area (Å²) in [5.74, 6) is 0.754. The van der Waals surface area contributed by atoms with Crippen LogP contribution in [-0.4, -0.2) is 21.7 Å². The summed E-state index contributed by atoms with van der Waals surface area (Å²) in [5, 5.41) is 1.58. The maximum atomic E-state index is 12.4. The number of hydrogen-bond acceptors (Lipinski definition) is 6. The second-order valence-electron chi connectivity index (χ2n) is 6.29. The number of carbonyl (C=O) groups is 1. The molecule has 0 saturated carbocycles. The molecule has 5 nitrogen and oxygen atoms in total. The van der Waals surface area contributed by atoms with E-state index in [9.17, 15) is 9.59 Å². The van der Waals surface area contributed by atoms with Gasteiger partial charge in [0.05, 0.1) is 21.2 Å². The van der Waals surface area contributed by atoms with Crippen molar-refractivity contribution in [1.82, 2.24) is 9.97 Å². The number of rotatable bonds is 6. The fourth-order valence-electron chi connectivity index (χ4n) is 2.63. The first-order valence-corrected chi connectivity index (χ1v) is 11.2. The molecule has 0 amide bonds. The molecular formula is C19H18Cl2N2O3S2. The Kier molecular flexibility index (Phi) is 6.70. The monoisotopic (exact) mass is 456 g/mol. The third kappa shape index (κ3) is 4.71. The number of aryl methyl sites for hydroxylation is 2. The summed E-state index contributed by atoms with van der Waals surface area (Å²) >= 11 is 14.8. The Hall–Kier alpha value is -1.54. The number of nitrogens with zero attached hydrogens (tertiary/aromatic N) is 1. The van der Waals surface area contributed by atoms with Gasteiger partial charge in [-0.2, -0.15) is 0 Å². The van der Waals surface area contributed by atoms with E-state index in [1.165, 1.54) is 23.1 Å². The van der Waals surface area contributed by atoms with Crippen LogP contribution in [0.15, 0.2) is 23.0 Å². The van der Waals surface area contributed by atoms with E-state index in [-0.39, 0.29) is 17.3 Å². The molecule has 2 heterocycles. The summed E-state index contributed by atoms with van der Waals surface area (Å²) in [7, 11) is 0. The standard InChI is InChI=1S/C19H18Cl2N2O3S2/c1-9-11(3)28-19-16(9)18(25)22-17(23-19)10(2)26-15(24)8-27-7-12-4-5-13(20)14(21)6-12/h4-6,10H,7-8H2,1-3H3,(H,22,23,25). The van der Waals surface area contributed by atoms with E-state index in [0.717, 1.165) is 16.0 Å². The lowest BCUT2D eigenvalue weighted by molar-refractivity contribution is -0.145. The molecule has 2 aromatic heterocycles. The van der Waals surface area contributed by atoms with Crippen LogP contribution in [0.3, 0.4) is 0 Å². The Bertz CT molecular complexity index is 1090. The van der Waals surface area contributed by atoms with Crippen molar-refractivity contribution >= 4 is 62.5 Å². The van der Waals surface area contributed by atoms with Gasteiger partial charge in [0.1, 0.15) is 4.83 Å². The molecule has 0 spiro atoms. The number of esters is 1. The minimum absolute atomic E-state index is 0.175. The number of thioether (sulfide) groups is 1. The SMILES string of the molecule is Cc1sc2nc(C(C)OC(=O)CSCc3ccc(Cl)c(Cl)c3)[nH]c(=O)c2c1C. The van der Waals surface area contributed by atoms with E-state index in [0.29, 0.717) is 31.8 Å². The normalized spacial score (nSPS) is 12.3. The van der Waals surface area contributed by atoms with Crippen LogP contribution in [-0.2, 0) is 15.3 Å². The van der Waals surface area contributed by atoms with Crippen LogP contribution < -0.4 is 5.56 Å². The topological polar surface area (TPSA) is 72.0 Å². The fourth-order valence-corrected chi connectivity index (χ4v) is 4.74. The predicted molar refractivity (Wildman–Crippen MR) is 117 cm³/mol. The van der Waals surface area contributed by atoms with E-state index in [1.54, 1.807) is 19.1 Å². The van der Waals surface area contributed by atoms with Gasteiger partial charge in [0.15, 0.2) is 11.9 Å². The smallest absolute Gasteiger partial charge is 0.316 e. The van der Waals surface area contributed by atoms with E-state index in [1.807, 2.05) is 19.9 Å². The molecular weight excluding hydrogens is 439 g/mol. The molecule has 0 aliphatic carbocycles. The number of benzene rings is 1. The van der Waals surface area contributed by atoms with Crippen molar-refractivity contribution in [2.75, 3.05) is 5.75 Å². The van der Waals surface area contributed by atoms with Crippen molar-refractivity contribution < 1.29 is 9.53 Å². The van der Waals surface area contributed by atoms with E-state index in [2.05, 4.69) is 9.97 Å². The number of thiophene rings is 1. The first-order valence-electron chi connectivity index (χ1n) is 8.47. The lowest BCUT2D eigenvalue weighted by Crippen LogP contribution is -2.18. The summed E-state index contributed by atoms with van der Waals surface area (Å²) in [6, 6.07) is 5.37. The number of carbonyl (C=O) groups excluding carboxylic acids is 1. The Morgan fingerprint density at radius 2 is 2.07 bits per heavy atom. The average Bonchev–Trinajstić information content (AvgIpc) is 2.92. The number of aromatic nitrogens is 2. The number of halogens is 2. The van der Waals surface area contributed by atoms with Crippen molar-refractivity contribution in [1.29, 1.82) is 0 Å². The highest BCUT2D eigenvalue weighted by atomic mass is 35.5. The highest BCUT2D eigenvalue weighted by molar-refractivity contribution is 7.99. The molecule has 0 radical (unpaired) electrons. The van der Waals surface area contributed by atoms with Gasteiger partial charge in [-0.15, -0.1) is 23.1 Å². The first-order chi connectivity index (χ1) is 13.3. The second-order valence-corrected chi connectivity index (χ2v) is 9.29. The number of fused-ring (bicyclic) bond motifs is 1. The molecule has 9 heteroatoms. The average molecular weight is 457 g/mol. The van der Waals surface area contributed by atoms with Gasteiger partial charge >= 0.3 is 5.97 Å². The van der Waals surface area contributed by atoms with E-state index in [4.69, 9.17) is 27.9 Å². The maximum Gasteiger partial charge on any atom is 0.316 e. The van der Waals surface area contributed by atoms with Crippen LogP contribution in [0.4, 0.5) is 0 Å². The predicted octanol–water partition coefficient (Wildman–Crippen LogP) is 5.45. The van der Waals surface area contributed by atoms with Crippen LogP contribution in [0.25, 0.3) is 10.2 Å². The summed E-state index contributed by atoms with van der Waals surface area (Å²) in [4.78, 5) is 33.4. The van der Waals surface area contributed by atoms with Gasteiger partial charge < -0.3 is 9.72 Å². The molecule has 1 N–H and O–H groups in total. The van der Waals surface area contributed by atoms with Crippen LogP contribution >= 0.6 is 46.3 Å². The second kappa shape index (κ2) is 8.86. The Morgan fingerprint density at radius 1 is 1.32 bits per heavy atom. The first kappa shape index (κ1) is 21.2. The largest absolute Gasteiger partial charge is 0.454 e. The zero-order chi connectivity index (χ0) is 20.4. The molecule has 3 aromatic rings. The van der Waals surface area contributed by atoms with Gasteiger partial charge in [-0.05, 0) is 44.0 Å². The van der Waals surface area contributed by atoms with Crippen LogP contribution in [0.1, 0.15) is 34.9 Å². The Morgan fingerprint density at radius 3 is 2.79 bits per heavy atom. The molecule has 0 bridgehead atoms. The highest BCUT2D eigenvalue weighted by Gasteiger charge is 2.18. The van der Waals surface area contributed by atoms with E-state index < -0.39 is 6.10 Å². The fraction of sp³-hybridized carbons (Fsp3) is 0.316. The molecule has 3 rings (SSSR count). The van der Waals surface area contributed by atoms with Crippen molar-refractivity contribution in [3.8, 4) is 0 Å². The zero-order valence-corrected chi connectivity index (χ0v) is 18.6. The van der Waals surface area contributed by atoms with Gasteiger partial charge in [0, 0.05) is 10.6 Å². The number of aromatic amines is 1. The van der Waals surface area contributed by atoms with Crippen LogP contribution in [0.5, 0.6) is 0 Å². The molecule has 28 heavy (non-hydrogen) atoms. The summed E-state index contributed by atoms with van der Waals surface area (Å²) < 4.78 is 5.42. The molecule has 1 atom stereocenters. The lowest BCUT2D eigenvalue weighted by atomic mass is 10.2. The van der Waals surface area contributed by atoms with Crippen LogP contribution in [0, 0.1) is 13.8 Å². The molecule has 0 saturated heterocycles. The van der Waals surface area contributed by atoms with Crippen molar-refractivity contribution in [2.24, 2.45) is 0 Å². The molecule has 148 valence electrons. The quantitative estimate of drug-likeness (QED) is 0.499. The maximum absolute atomic E-state index is 12.4. The molecule has 0 fully saturated rings. The Labute approximate surface area is 180 Å². The van der Waals surface area contributed by atoms with Gasteiger partial charge in [-0.1, -0.05) is 29.3 Å². The van der Waals surface area contributed by atoms with Gasteiger partial charge in [0.25, 0.3) is 5.56 Å². The molecule has 0 aliphatic rings. The number of hydrogen-bond donors (Lipinski definition) is 1. The third-order valence-corrected chi connectivity index (χ3v) is 7.04. The summed E-state index contributed by atoms with van der Waals surface area (Å²) in [6.45, 7) is 5.55.